The van der Waals surface area contributed by atoms with Crippen LogP contribution in [0.1, 0.15) is 11.3 Å². The summed E-state index contributed by atoms with van der Waals surface area (Å²) in [7, 11) is -4.99. The summed E-state index contributed by atoms with van der Waals surface area (Å²) in [5, 5.41) is 4.54. The molecule has 6 nitrogen and oxygen atoms in total. The van der Waals surface area contributed by atoms with Crippen LogP contribution in [0.15, 0.2) is 11.1 Å². The number of hydrogen-bond donors (Lipinski definition) is 2. The van der Waals surface area contributed by atoms with Gasteiger partial charge in [0.25, 0.3) is 0 Å². The molecule has 0 aliphatic rings. The summed E-state index contributed by atoms with van der Waals surface area (Å²) in [4.78, 5) is 1.47. The fourth-order valence-corrected chi connectivity index (χ4v) is 2.06. The Kier molecular flexibility index (Phi) is 4.41. The Hall–Kier alpha value is -1.60. The Morgan fingerprint density at radius 1 is 1.19 bits per heavy atom. The van der Waals surface area contributed by atoms with E-state index in [9.17, 15) is 34.8 Å². The molecule has 0 aliphatic heterocycles. The molecule has 4 N–H and O–H groups in total. The average molecular weight is 339 g/mol. The molecule has 13 heteroatoms. The number of ether oxygens (including phenoxy) is 1. The number of sulfonamides is 1. The van der Waals surface area contributed by atoms with E-state index in [0.717, 1.165) is 0 Å². The summed E-state index contributed by atoms with van der Waals surface area (Å²) in [6.45, 7) is -0.848. The molecule has 1 aromatic heterocycles. The molecule has 21 heavy (non-hydrogen) atoms. The van der Waals surface area contributed by atoms with Crippen molar-refractivity contribution in [3.05, 3.63) is 17.5 Å². The molecule has 0 fully saturated rings. The quantitative estimate of drug-likeness (QED) is 0.802. The van der Waals surface area contributed by atoms with Crippen LogP contribution >= 0.6 is 0 Å². The van der Waals surface area contributed by atoms with Gasteiger partial charge in [-0.25, -0.2) is 13.6 Å². The van der Waals surface area contributed by atoms with Gasteiger partial charge in [0.2, 0.25) is 10.0 Å². The van der Waals surface area contributed by atoms with Crippen LogP contribution in [0.5, 0.6) is 5.75 Å². The predicted molar refractivity (Wildman–Crippen MR) is 55.2 cm³/mol. The summed E-state index contributed by atoms with van der Waals surface area (Å²) in [5.74, 6) is -1.84. The van der Waals surface area contributed by atoms with Crippen molar-refractivity contribution >= 4 is 10.0 Å². The lowest BCUT2D eigenvalue weighted by Crippen LogP contribution is -2.26. The zero-order valence-corrected chi connectivity index (χ0v) is 10.6. The molecule has 0 amide bonds. The van der Waals surface area contributed by atoms with E-state index in [2.05, 4.69) is 14.9 Å². The van der Waals surface area contributed by atoms with Gasteiger partial charge in [0.05, 0.1) is 5.69 Å². The monoisotopic (exact) mass is 339 g/mol. The van der Waals surface area contributed by atoms with Gasteiger partial charge in [-0.2, -0.15) is 13.2 Å². The number of halogens is 6. The van der Waals surface area contributed by atoms with E-state index in [1.54, 1.807) is 0 Å². The molecule has 0 saturated heterocycles. The van der Waals surface area contributed by atoms with Crippen molar-refractivity contribution in [2.75, 3.05) is 0 Å². The topological polar surface area (TPSA) is 108 Å². The highest BCUT2D eigenvalue weighted by Crippen LogP contribution is 2.43. The number of alkyl halides is 6. The molecule has 0 aromatic carbocycles. The van der Waals surface area contributed by atoms with E-state index in [1.807, 2.05) is 0 Å². The zero-order valence-electron chi connectivity index (χ0n) is 9.79. The predicted octanol–water partition coefficient (Wildman–Crippen LogP) is 1.11. The first-order valence-electron chi connectivity index (χ1n) is 4.85. The Morgan fingerprint density at radius 2 is 1.71 bits per heavy atom. The number of rotatable bonds is 3. The number of aromatic nitrogens is 1. The first kappa shape index (κ1) is 17.5. The minimum Gasteiger partial charge on any atom is -0.403 e. The Bertz CT molecular complexity index is 640. The van der Waals surface area contributed by atoms with Crippen LogP contribution in [0.4, 0.5) is 26.3 Å². The Labute approximate surface area is 113 Å². The van der Waals surface area contributed by atoms with E-state index in [4.69, 9.17) is 5.73 Å². The van der Waals surface area contributed by atoms with Crippen molar-refractivity contribution in [1.29, 1.82) is 0 Å². The maximum absolute atomic E-state index is 12.9. The second-order valence-corrected chi connectivity index (χ2v) is 5.10. The van der Waals surface area contributed by atoms with Crippen molar-refractivity contribution in [2.45, 2.75) is 24.0 Å². The van der Waals surface area contributed by atoms with Gasteiger partial charge < -0.3 is 10.5 Å². The van der Waals surface area contributed by atoms with Gasteiger partial charge in [0.15, 0.2) is 5.75 Å². The van der Waals surface area contributed by atoms with E-state index in [1.165, 1.54) is 0 Å². The summed E-state index contributed by atoms with van der Waals surface area (Å²) in [5.41, 5.74) is 1.85. The first-order valence-corrected chi connectivity index (χ1v) is 6.39. The molecule has 1 aromatic rings. The lowest BCUT2D eigenvalue weighted by molar-refractivity contribution is -0.276. The highest BCUT2D eigenvalue weighted by Gasteiger charge is 2.45. The first-order chi connectivity index (χ1) is 9.27. The van der Waals surface area contributed by atoms with Crippen LogP contribution in [0, 0.1) is 0 Å². The van der Waals surface area contributed by atoms with Crippen LogP contribution in [-0.4, -0.2) is 19.8 Å². The summed E-state index contributed by atoms with van der Waals surface area (Å²) in [6.07, 6.45) is -10.8. The van der Waals surface area contributed by atoms with Crippen LogP contribution in [-0.2, 0) is 22.7 Å². The number of nitrogens with zero attached hydrogens (tertiary/aromatic N) is 1. The second-order valence-electron chi connectivity index (χ2n) is 3.57. The number of primary sulfonamides is 1. The fourth-order valence-electron chi connectivity index (χ4n) is 1.37. The van der Waals surface area contributed by atoms with Crippen molar-refractivity contribution in [2.24, 2.45) is 10.9 Å². The minimum atomic E-state index is -5.51. The maximum Gasteiger partial charge on any atom is 0.573 e. The second kappa shape index (κ2) is 5.31. The van der Waals surface area contributed by atoms with Gasteiger partial charge in [-0.1, -0.05) is 0 Å². The molecule has 120 valence electrons. The minimum absolute atomic E-state index is 0.170. The van der Waals surface area contributed by atoms with Crippen LogP contribution in [0.3, 0.4) is 0 Å². The molecule has 0 atom stereocenters. The third-order valence-electron chi connectivity index (χ3n) is 2.07. The SMILES string of the molecule is NCc1ncc(S(N)(=O)=O)c(C(F)(F)F)c1OC(F)(F)F. The summed E-state index contributed by atoms with van der Waals surface area (Å²) >= 11 is 0. The summed E-state index contributed by atoms with van der Waals surface area (Å²) in [6, 6.07) is 0. The van der Waals surface area contributed by atoms with Gasteiger partial charge in [0, 0.05) is 12.7 Å². The molecular weight excluding hydrogens is 332 g/mol. The van der Waals surface area contributed by atoms with E-state index >= 15 is 0 Å². The smallest absolute Gasteiger partial charge is 0.403 e. The van der Waals surface area contributed by atoms with Crippen molar-refractivity contribution in [3.8, 4) is 5.75 Å². The fraction of sp³-hybridized carbons (Fsp3) is 0.375. The van der Waals surface area contributed by atoms with Crippen molar-refractivity contribution in [3.63, 3.8) is 0 Å². The van der Waals surface area contributed by atoms with Gasteiger partial charge in [0.1, 0.15) is 10.5 Å². The van der Waals surface area contributed by atoms with Gasteiger partial charge in [-0.3, -0.25) is 4.98 Å². The molecule has 0 bridgehead atoms. The molecule has 0 aliphatic carbocycles. The van der Waals surface area contributed by atoms with Crippen LogP contribution in [0.2, 0.25) is 0 Å². The van der Waals surface area contributed by atoms with Crippen LogP contribution < -0.4 is 15.6 Å². The van der Waals surface area contributed by atoms with Gasteiger partial charge in [-0.15, -0.1) is 13.2 Å². The van der Waals surface area contributed by atoms with E-state index < -0.39 is 51.0 Å². The molecule has 1 heterocycles. The lowest BCUT2D eigenvalue weighted by atomic mass is 10.2. The molecule has 0 unspecified atom stereocenters. The third kappa shape index (κ3) is 4.18. The molecule has 0 radical (unpaired) electrons. The maximum atomic E-state index is 12.9. The van der Waals surface area contributed by atoms with Crippen molar-refractivity contribution in [1.82, 2.24) is 4.98 Å². The largest absolute Gasteiger partial charge is 0.573 e. The summed E-state index contributed by atoms with van der Waals surface area (Å²) < 4.78 is 101. The van der Waals surface area contributed by atoms with Gasteiger partial charge in [-0.05, 0) is 0 Å². The lowest BCUT2D eigenvalue weighted by Gasteiger charge is -2.19. The zero-order chi connectivity index (χ0) is 16.6. The average Bonchev–Trinajstić information content (AvgIpc) is 2.23. The van der Waals surface area contributed by atoms with E-state index in [-0.39, 0.29) is 6.20 Å². The molecule has 0 spiro atoms. The standard InChI is InChI=1S/C8H7F6N3O3S/c9-7(10,11)5-4(21(16,18)19)2-17-3(1-15)6(5)20-8(12,13)14/h2H,1,15H2,(H2,16,18,19). The van der Waals surface area contributed by atoms with Crippen LogP contribution in [0.25, 0.3) is 0 Å². The molecular formula is C8H7F6N3O3S. The number of pyridine rings is 1. The van der Waals surface area contributed by atoms with Gasteiger partial charge >= 0.3 is 12.5 Å². The van der Waals surface area contributed by atoms with Crippen molar-refractivity contribution < 1.29 is 39.5 Å². The highest BCUT2D eigenvalue weighted by molar-refractivity contribution is 7.89. The number of hydrogen-bond acceptors (Lipinski definition) is 5. The third-order valence-corrected chi connectivity index (χ3v) is 3.00. The molecule has 1 rings (SSSR count). The highest BCUT2D eigenvalue weighted by atomic mass is 32.2. The number of nitrogens with two attached hydrogens (primary N) is 2. The molecule has 0 saturated carbocycles. The normalized spacial score (nSPS) is 13.3. The van der Waals surface area contributed by atoms with E-state index in [0.29, 0.717) is 0 Å². The Morgan fingerprint density at radius 3 is 2.05 bits per heavy atom. The Balaban J connectivity index is 3.79.